The zero-order valence-electron chi connectivity index (χ0n) is 17.2. The fourth-order valence-corrected chi connectivity index (χ4v) is 3.27. The van der Waals surface area contributed by atoms with Gasteiger partial charge in [0.2, 0.25) is 5.91 Å². The number of hydrogen-bond donors (Lipinski definition) is 1. The van der Waals surface area contributed by atoms with E-state index in [0.717, 1.165) is 6.42 Å². The van der Waals surface area contributed by atoms with Gasteiger partial charge in [-0.2, -0.15) is 0 Å². The average Bonchev–Trinajstić information content (AvgIpc) is 3.24. The van der Waals surface area contributed by atoms with Crippen molar-refractivity contribution in [3.63, 3.8) is 0 Å². The van der Waals surface area contributed by atoms with E-state index in [1.807, 2.05) is 40.7 Å². The third kappa shape index (κ3) is 5.40. The second-order valence-corrected chi connectivity index (χ2v) is 8.25. The van der Waals surface area contributed by atoms with Crippen molar-refractivity contribution in [2.24, 2.45) is 5.92 Å². The fraction of sp³-hybridized carbons (Fsp3) is 0.700. The minimum atomic E-state index is -0.596. The molecule has 0 bridgehead atoms. The van der Waals surface area contributed by atoms with Gasteiger partial charge in [0.05, 0.1) is 19.4 Å². The molecule has 0 aromatic carbocycles. The average molecular weight is 380 g/mol. The van der Waals surface area contributed by atoms with Gasteiger partial charge < -0.3 is 19.5 Å². The Bertz CT molecular complexity index is 608. The second kappa shape index (κ2) is 8.67. The molecular weight excluding hydrogens is 348 g/mol. The van der Waals surface area contributed by atoms with Gasteiger partial charge in [0.25, 0.3) is 0 Å². The van der Waals surface area contributed by atoms with Crippen molar-refractivity contribution >= 4 is 12.0 Å². The molecule has 152 valence electrons. The molecule has 2 rings (SSSR count). The number of hydrogen-bond acceptors (Lipinski definition) is 5. The van der Waals surface area contributed by atoms with E-state index < -0.39 is 17.7 Å². The van der Waals surface area contributed by atoms with Crippen molar-refractivity contribution in [3.8, 4) is 0 Å². The first-order valence-corrected chi connectivity index (χ1v) is 9.52. The normalized spacial score (nSPS) is 22.5. The second-order valence-electron chi connectivity index (χ2n) is 8.25. The maximum Gasteiger partial charge on any atom is 0.410 e. The van der Waals surface area contributed by atoms with Crippen LogP contribution in [0.4, 0.5) is 4.79 Å². The standard InChI is InChI=1S/C20H32N2O5/c1-13(2)16(17(25-6)15-10-8-12-26-15)21-18(23)14-9-7-11-22(14)19(24)27-20(3,4)5/h8,12-14,16H,7,9-11H2,1-6H3,(H,21,23)/t14-,16+/m0/s1. The van der Waals surface area contributed by atoms with Gasteiger partial charge in [-0.25, -0.2) is 4.79 Å². The summed E-state index contributed by atoms with van der Waals surface area (Å²) in [6.07, 6.45) is 5.09. The molecule has 0 saturated carbocycles. The SMILES string of the molecule is COC(=C1CC=CO1)[C@H](NC(=O)[C@@H]1CCCN1C(=O)OC(C)(C)C)C(C)C. The minimum absolute atomic E-state index is 0.0944. The fourth-order valence-electron chi connectivity index (χ4n) is 3.27. The summed E-state index contributed by atoms with van der Waals surface area (Å²) in [6, 6.07) is -0.870. The van der Waals surface area contributed by atoms with Crippen LogP contribution in [0.15, 0.2) is 23.9 Å². The molecule has 1 saturated heterocycles. The van der Waals surface area contributed by atoms with Crippen LogP contribution in [0.25, 0.3) is 0 Å². The van der Waals surface area contributed by atoms with Crippen LogP contribution >= 0.6 is 0 Å². The van der Waals surface area contributed by atoms with Gasteiger partial charge in [-0.1, -0.05) is 13.8 Å². The molecule has 1 fully saturated rings. The number of nitrogens with one attached hydrogen (secondary N) is 1. The Morgan fingerprint density at radius 2 is 2.04 bits per heavy atom. The molecule has 27 heavy (non-hydrogen) atoms. The van der Waals surface area contributed by atoms with Gasteiger partial charge in [-0.15, -0.1) is 0 Å². The summed E-state index contributed by atoms with van der Waals surface area (Å²) in [6.45, 7) is 9.98. The first-order chi connectivity index (χ1) is 12.6. The summed E-state index contributed by atoms with van der Waals surface area (Å²) in [5.41, 5.74) is -0.596. The number of methoxy groups -OCH3 is 1. The smallest absolute Gasteiger partial charge is 0.410 e. The van der Waals surface area contributed by atoms with E-state index in [2.05, 4.69) is 5.32 Å². The number of nitrogens with zero attached hydrogens (tertiary/aromatic N) is 1. The molecule has 0 aromatic rings. The lowest BCUT2D eigenvalue weighted by Crippen LogP contribution is -2.51. The van der Waals surface area contributed by atoms with E-state index in [9.17, 15) is 9.59 Å². The number of carbonyl (C=O) groups is 2. The molecule has 7 nitrogen and oxygen atoms in total. The van der Waals surface area contributed by atoms with Crippen LogP contribution in [0.1, 0.15) is 53.9 Å². The summed E-state index contributed by atoms with van der Waals surface area (Å²) < 4.78 is 16.5. The molecule has 2 aliphatic rings. The lowest BCUT2D eigenvalue weighted by molar-refractivity contribution is -0.126. The van der Waals surface area contributed by atoms with Crippen LogP contribution in [0.3, 0.4) is 0 Å². The first kappa shape index (κ1) is 21.1. The van der Waals surface area contributed by atoms with Crippen LogP contribution < -0.4 is 5.32 Å². The van der Waals surface area contributed by atoms with Crippen molar-refractivity contribution in [2.45, 2.75) is 71.6 Å². The monoisotopic (exact) mass is 380 g/mol. The Morgan fingerprint density at radius 1 is 1.33 bits per heavy atom. The highest BCUT2D eigenvalue weighted by molar-refractivity contribution is 5.86. The zero-order valence-corrected chi connectivity index (χ0v) is 17.2. The van der Waals surface area contributed by atoms with Gasteiger partial charge in [-0.3, -0.25) is 9.69 Å². The van der Waals surface area contributed by atoms with E-state index in [0.29, 0.717) is 30.9 Å². The maximum atomic E-state index is 13.0. The van der Waals surface area contributed by atoms with E-state index >= 15 is 0 Å². The lowest BCUT2D eigenvalue weighted by atomic mass is 10.00. The van der Waals surface area contributed by atoms with Gasteiger partial charge in [-0.05, 0) is 45.6 Å². The largest absolute Gasteiger partial charge is 0.495 e. The van der Waals surface area contributed by atoms with Crippen LogP contribution in [-0.2, 0) is 19.0 Å². The van der Waals surface area contributed by atoms with Gasteiger partial charge in [0.15, 0.2) is 5.76 Å². The lowest BCUT2D eigenvalue weighted by Gasteiger charge is -2.30. The van der Waals surface area contributed by atoms with Crippen LogP contribution in [0.5, 0.6) is 0 Å². The number of rotatable bonds is 5. The number of ether oxygens (including phenoxy) is 3. The third-order valence-electron chi connectivity index (χ3n) is 4.53. The Balaban J connectivity index is 2.12. The molecule has 2 aliphatic heterocycles. The number of amides is 2. The predicted molar refractivity (Wildman–Crippen MR) is 102 cm³/mol. The molecule has 0 spiro atoms. The molecule has 2 atom stereocenters. The summed E-state index contributed by atoms with van der Waals surface area (Å²) in [7, 11) is 1.58. The summed E-state index contributed by atoms with van der Waals surface area (Å²) >= 11 is 0. The molecule has 7 heteroatoms. The van der Waals surface area contributed by atoms with Gasteiger partial charge in [0, 0.05) is 13.0 Å². The van der Waals surface area contributed by atoms with E-state index in [1.165, 1.54) is 4.90 Å². The summed E-state index contributed by atoms with van der Waals surface area (Å²) in [4.78, 5) is 27.0. The molecule has 2 heterocycles. The van der Waals surface area contributed by atoms with Crippen LogP contribution in [0, 0.1) is 5.92 Å². The highest BCUT2D eigenvalue weighted by Gasteiger charge is 2.38. The quantitative estimate of drug-likeness (QED) is 0.741. The molecule has 0 aromatic heterocycles. The summed E-state index contributed by atoms with van der Waals surface area (Å²) in [5.74, 6) is 1.22. The number of likely N-dealkylation sites (tertiary alicyclic amines) is 1. The molecule has 0 radical (unpaired) electrons. The molecule has 0 aliphatic carbocycles. The van der Waals surface area contributed by atoms with Crippen molar-refractivity contribution in [1.29, 1.82) is 0 Å². The number of allylic oxidation sites excluding steroid dienone is 1. The highest BCUT2D eigenvalue weighted by atomic mass is 16.6. The van der Waals surface area contributed by atoms with Gasteiger partial charge >= 0.3 is 6.09 Å². The Morgan fingerprint density at radius 3 is 2.56 bits per heavy atom. The van der Waals surface area contributed by atoms with Crippen molar-refractivity contribution < 1.29 is 23.8 Å². The van der Waals surface area contributed by atoms with E-state index in [1.54, 1.807) is 13.4 Å². The molecule has 1 N–H and O–H groups in total. The van der Waals surface area contributed by atoms with Crippen molar-refractivity contribution in [3.05, 3.63) is 23.9 Å². The molecule has 2 amide bonds. The van der Waals surface area contributed by atoms with Crippen LogP contribution in [0.2, 0.25) is 0 Å². The molecule has 0 unspecified atom stereocenters. The highest BCUT2D eigenvalue weighted by Crippen LogP contribution is 2.26. The Hall–Kier alpha value is -2.18. The van der Waals surface area contributed by atoms with Gasteiger partial charge in [0.1, 0.15) is 17.4 Å². The summed E-state index contributed by atoms with van der Waals surface area (Å²) in [5, 5.41) is 3.05. The van der Waals surface area contributed by atoms with Crippen LogP contribution in [-0.4, -0.2) is 48.2 Å². The van der Waals surface area contributed by atoms with Crippen molar-refractivity contribution in [1.82, 2.24) is 10.2 Å². The van der Waals surface area contributed by atoms with Crippen molar-refractivity contribution in [2.75, 3.05) is 13.7 Å². The molecular formula is C20H32N2O5. The Kier molecular flexibility index (Phi) is 6.78. The third-order valence-corrected chi connectivity index (χ3v) is 4.53. The first-order valence-electron chi connectivity index (χ1n) is 9.52. The Labute approximate surface area is 161 Å². The topological polar surface area (TPSA) is 77.1 Å². The zero-order chi connectivity index (χ0) is 20.2. The number of carbonyl (C=O) groups excluding carboxylic acids is 2. The van der Waals surface area contributed by atoms with E-state index in [-0.39, 0.29) is 17.9 Å². The van der Waals surface area contributed by atoms with E-state index in [4.69, 9.17) is 14.2 Å². The predicted octanol–water partition coefficient (Wildman–Crippen LogP) is 3.32. The minimum Gasteiger partial charge on any atom is -0.495 e. The maximum absolute atomic E-state index is 13.0.